The van der Waals surface area contributed by atoms with E-state index in [-0.39, 0.29) is 17.5 Å². The Bertz CT molecular complexity index is 701. The molecule has 2 aromatic carbocycles. The molecule has 0 fully saturated rings. The predicted octanol–water partition coefficient (Wildman–Crippen LogP) is 3.22. The molecule has 6 heteroatoms. The third kappa shape index (κ3) is 4.81. The molecule has 2 aromatic rings. The minimum atomic E-state index is -0.554. The lowest BCUT2D eigenvalue weighted by molar-refractivity contribution is -0.116. The average Bonchev–Trinajstić information content (AvgIpc) is 2.51. The highest BCUT2D eigenvalue weighted by molar-refractivity contribution is 5.96. The highest BCUT2D eigenvalue weighted by Crippen LogP contribution is 2.16. The first-order valence-electron chi connectivity index (χ1n) is 7.15. The summed E-state index contributed by atoms with van der Waals surface area (Å²) in [5.74, 6) is -0.975. The smallest absolute Gasteiger partial charge is 0.246 e. The Morgan fingerprint density at radius 1 is 0.957 bits per heavy atom. The number of hydrogen-bond donors (Lipinski definition) is 3. The summed E-state index contributed by atoms with van der Waals surface area (Å²) in [6, 6.07) is 12.4. The molecule has 5 nitrogen and oxygen atoms in total. The number of hydrogen-bond acceptors (Lipinski definition) is 3. The van der Waals surface area contributed by atoms with Gasteiger partial charge in [-0.05, 0) is 43.3 Å². The van der Waals surface area contributed by atoms with Crippen LogP contribution >= 0.6 is 0 Å². The minimum Gasteiger partial charge on any atom is -0.374 e. The van der Waals surface area contributed by atoms with Gasteiger partial charge in [0.2, 0.25) is 11.8 Å². The van der Waals surface area contributed by atoms with E-state index in [0.717, 1.165) is 5.69 Å². The van der Waals surface area contributed by atoms with Crippen molar-refractivity contribution < 1.29 is 14.0 Å². The van der Waals surface area contributed by atoms with Crippen LogP contribution in [0.5, 0.6) is 0 Å². The number of anilines is 3. The molecule has 0 aliphatic rings. The molecule has 0 aliphatic heterocycles. The topological polar surface area (TPSA) is 70.2 Å². The fourth-order valence-electron chi connectivity index (χ4n) is 1.97. The molecule has 0 saturated carbocycles. The number of para-hydroxylation sites is 1. The van der Waals surface area contributed by atoms with Gasteiger partial charge in [-0.2, -0.15) is 0 Å². The van der Waals surface area contributed by atoms with E-state index in [0.29, 0.717) is 5.69 Å². The Labute approximate surface area is 133 Å². The van der Waals surface area contributed by atoms with Crippen molar-refractivity contribution in [3.8, 4) is 0 Å². The van der Waals surface area contributed by atoms with E-state index >= 15 is 0 Å². The van der Waals surface area contributed by atoms with Crippen LogP contribution in [-0.4, -0.2) is 17.9 Å². The second-order valence-corrected chi connectivity index (χ2v) is 5.09. The van der Waals surface area contributed by atoms with Crippen molar-refractivity contribution in [2.45, 2.75) is 19.9 Å². The SMILES string of the molecule is CC(=O)Nc1ccc(NC(C)C(=O)Nc2ccccc2F)cc1. The van der Waals surface area contributed by atoms with E-state index < -0.39 is 11.9 Å². The van der Waals surface area contributed by atoms with E-state index in [1.165, 1.54) is 19.1 Å². The van der Waals surface area contributed by atoms with Crippen molar-refractivity contribution in [1.82, 2.24) is 0 Å². The molecule has 120 valence electrons. The van der Waals surface area contributed by atoms with Crippen molar-refractivity contribution in [3.05, 3.63) is 54.3 Å². The van der Waals surface area contributed by atoms with Gasteiger partial charge >= 0.3 is 0 Å². The molecule has 3 N–H and O–H groups in total. The maximum absolute atomic E-state index is 13.5. The van der Waals surface area contributed by atoms with Gasteiger partial charge in [0, 0.05) is 18.3 Å². The van der Waals surface area contributed by atoms with Crippen LogP contribution < -0.4 is 16.0 Å². The number of amides is 2. The molecule has 1 unspecified atom stereocenters. The molecule has 2 amide bonds. The lowest BCUT2D eigenvalue weighted by Gasteiger charge is -2.16. The molecular formula is C17H18FN3O2. The summed E-state index contributed by atoms with van der Waals surface area (Å²) >= 11 is 0. The van der Waals surface area contributed by atoms with Crippen LogP contribution in [0.4, 0.5) is 21.5 Å². The van der Waals surface area contributed by atoms with Gasteiger partial charge in [0.05, 0.1) is 5.69 Å². The van der Waals surface area contributed by atoms with E-state index in [1.54, 1.807) is 43.3 Å². The number of carbonyl (C=O) groups is 2. The lowest BCUT2D eigenvalue weighted by Crippen LogP contribution is -2.32. The highest BCUT2D eigenvalue weighted by Gasteiger charge is 2.14. The number of halogens is 1. The first-order chi connectivity index (χ1) is 11.0. The second kappa shape index (κ2) is 7.40. The summed E-state index contributed by atoms with van der Waals surface area (Å²) in [5.41, 5.74) is 1.54. The molecule has 0 heterocycles. The van der Waals surface area contributed by atoms with Crippen LogP contribution in [0.3, 0.4) is 0 Å². The molecule has 1 atom stereocenters. The summed E-state index contributed by atoms with van der Waals surface area (Å²) in [5, 5.41) is 8.21. The monoisotopic (exact) mass is 315 g/mol. The van der Waals surface area contributed by atoms with Gasteiger partial charge in [0.15, 0.2) is 0 Å². The number of carbonyl (C=O) groups excluding carboxylic acids is 2. The summed E-state index contributed by atoms with van der Waals surface area (Å²) < 4.78 is 13.5. The zero-order chi connectivity index (χ0) is 16.8. The largest absolute Gasteiger partial charge is 0.374 e. The van der Waals surface area contributed by atoms with Gasteiger partial charge in [-0.25, -0.2) is 4.39 Å². The van der Waals surface area contributed by atoms with Crippen molar-refractivity contribution >= 4 is 28.9 Å². The molecule has 0 aromatic heterocycles. The van der Waals surface area contributed by atoms with Gasteiger partial charge in [0.1, 0.15) is 11.9 Å². The summed E-state index contributed by atoms with van der Waals surface area (Å²) in [6.45, 7) is 3.11. The molecule has 0 spiro atoms. The standard InChI is InChI=1S/C17H18FN3O2/c1-11(17(23)21-16-6-4-3-5-15(16)18)19-13-7-9-14(10-8-13)20-12(2)22/h3-11,19H,1-2H3,(H,20,22)(H,21,23). The van der Waals surface area contributed by atoms with E-state index in [2.05, 4.69) is 16.0 Å². The first-order valence-corrected chi connectivity index (χ1v) is 7.15. The molecule has 0 saturated heterocycles. The summed E-state index contributed by atoms with van der Waals surface area (Å²) in [4.78, 5) is 23.0. The number of benzene rings is 2. The van der Waals surface area contributed by atoms with Crippen LogP contribution in [0.15, 0.2) is 48.5 Å². The lowest BCUT2D eigenvalue weighted by atomic mass is 10.2. The highest BCUT2D eigenvalue weighted by atomic mass is 19.1. The van der Waals surface area contributed by atoms with Crippen LogP contribution in [0.25, 0.3) is 0 Å². The average molecular weight is 315 g/mol. The Morgan fingerprint density at radius 3 is 2.17 bits per heavy atom. The third-order valence-corrected chi connectivity index (χ3v) is 3.11. The number of nitrogens with one attached hydrogen (secondary N) is 3. The molecule has 23 heavy (non-hydrogen) atoms. The Hall–Kier alpha value is -2.89. The quantitative estimate of drug-likeness (QED) is 0.793. The van der Waals surface area contributed by atoms with Crippen LogP contribution in [0, 0.1) is 5.82 Å². The summed E-state index contributed by atoms with van der Waals surface area (Å²) in [7, 11) is 0. The van der Waals surface area contributed by atoms with Gasteiger partial charge in [-0.1, -0.05) is 12.1 Å². The fraction of sp³-hybridized carbons (Fsp3) is 0.176. The van der Waals surface area contributed by atoms with Crippen molar-refractivity contribution in [1.29, 1.82) is 0 Å². The van der Waals surface area contributed by atoms with E-state index in [4.69, 9.17) is 0 Å². The van der Waals surface area contributed by atoms with Gasteiger partial charge < -0.3 is 16.0 Å². The molecular weight excluding hydrogens is 297 g/mol. The zero-order valence-corrected chi connectivity index (χ0v) is 12.9. The molecule has 0 radical (unpaired) electrons. The third-order valence-electron chi connectivity index (χ3n) is 3.11. The normalized spacial score (nSPS) is 11.4. The van der Waals surface area contributed by atoms with Crippen molar-refractivity contribution in [2.24, 2.45) is 0 Å². The van der Waals surface area contributed by atoms with Gasteiger partial charge in [-0.15, -0.1) is 0 Å². The summed E-state index contributed by atoms with van der Waals surface area (Å²) in [6.07, 6.45) is 0. The Balaban J connectivity index is 1.95. The first kappa shape index (κ1) is 16.5. The number of rotatable bonds is 5. The molecule has 0 bridgehead atoms. The maximum Gasteiger partial charge on any atom is 0.246 e. The Morgan fingerprint density at radius 2 is 1.57 bits per heavy atom. The Kier molecular flexibility index (Phi) is 5.30. The van der Waals surface area contributed by atoms with Crippen molar-refractivity contribution in [3.63, 3.8) is 0 Å². The second-order valence-electron chi connectivity index (χ2n) is 5.09. The van der Waals surface area contributed by atoms with Crippen LogP contribution in [-0.2, 0) is 9.59 Å². The van der Waals surface area contributed by atoms with Crippen LogP contribution in [0.2, 0.25) is 0 Å². The van der Waals surface area contributed by atoms with Crippen LogP contribution in [0.1, 0.15) is 13.8 Å². The molecule has 2 rings (SSSR count). The molecule has 0 aliphatic carbocycles. The maximum atomic E-state index is 13.5. The minimum absolute atomic E-state index is 0.146. The predicted molar refractivity (Wildman–Crippen MR) is 88.9 cm³/mol. The van der Waals surface area contributed by atoms with Gasteiger partial charge in [0.25, 0.3) is 0 Å². The van der Waals surface area contributed by atoms with Crippen molar-refractivity contribution in [2.75, 3.05) is 16.0 Å². The van der Waals surface area contributed by atoms with E-state index in [1.807, 2.05) is 0 Å². The zero-order valence-electron chi connectivity index (χ0n) is 12.9. The van der Waals surface area contributed by atoms with E-state index in [9.17, 15) is 14.0 Å². The fourth-order valence-corrected chi connectivity index (χ4v) is 1.97. The van der Waals surface area contributed by atoms with Gasteiger partial charge in [-0.3, -0.25) is 9.59 Å².